The monoisotopic (exact) mass is 494 g/mol. The standard InChI is InChI=1S/C26H24F2N4O2S/c1-16-21-14-24(35-26(21)32(29-16)15-18-3-6-20(27)7-4-18)25(34)31-11-9-30(10-12-31)23-8-5-19(17(2)33)13-22(23)28/h3-8,13-14H,9-12,15H2,1-2H3. The molecule has 5 rings (SSSR count). The summed E-state index contributed by atoms with van der Waals surface area (Å²) in [6, 6.07) is 12.7. The number of aryl methyl sites for hydroxylation is 1. The highest BCUT2D eigenvalue weighted by atomic mass is 32.1. The van der Waals surface area contributed by atoms with Crippen LogP contribution in [0.15, 0.2) is 48.5 Å². The maximum atomic E-state index is 14.6. The Bertz CT molecular complexity index is 1420. The molecule has 0 aliphatic carbocycles. The van der Waals surface area contributed by atoms with Crippen molar-refractivity contribution in [2.75, 3.05) is 31.1 Å². The summed E-state index contributed by atoms with van der Waals surface area (Å²) in [6.07, 6.45) is 0. The smallest absolute Gasteiger partial charge is 0.264 e. The fourth-order valence-corrected chi connectivity index (χ4v) is 5.51. The number of rotatable bonds is 5. The summed E-state index contributed by atoms with van der Waals surface area (Å²) in [5, 5.41) is 5.53. The van der Waals surface area contributed by atoms with E-state index >= 15 is 0 Å². The van der Waals surface area contributed by atoms with E-state index in [-0.39, 0.29) is 17.5 Å². The third-order valence-corrected chi connectivity index (χ3v) is 7.46. The molecule has 4 aromatic rings. The van der Waals surface area contributed by atoms with Gasteiger partial charge in [-0.05, 0) is 55.8 Å². The van der Waals surface area contributed by atoms with Crippen LogP contribution in [0.25, 0.3) is 10.2 Å². The first-order valence-electron chi connectivity index (χ1n) is 11.4. The van der Waals surface area contributed by atoms with Crippen LogP contribution in [0.2, 0.25) is 0 Å². The normalized spacial score (nSPS) is 14.1. The highest BCUT2D eigenvalue weighted by Crippen LogP contribution is 2.30. The first-order valence-corrected chi connectivity index (χ1v) is 12.2. The molecule has 0 atom stereocenters. The van der Waals surface area contributed by atoms with Crippen molar-refractivity contribution in [2.45, 2.75) is 20.4 Å². The minimum atomic E-state index is -0.428. The van der Waals surface area contributed by atoms with Crippen LogP contribution in [0, 0.1) is 18.6 Å². The number of aromatic nitrogens is 2. The zero-order valence-electron chi connectivity index (χ0n) is 19.4. The molecule has 2 aromatic carbocycles. The zero-order chi connectivity index (χ0) is 24.7. The molecule has 0 saturated carbocycles. The first-order chi connectivity index (χ1) is 16.8. The van der Waals surface area contributed by atoms with Crippen LogP contribution >= 0.6 is 11.3 Å². The van der Waals surface area contributed by atoms with Crippen LogP contribution in [0.5, 0.6) is 0 Å². The second kappa shape index (κ2) is 9.22. The van der Waals surface area contributed by atoms with E-state index in [0.717, 1.165) is 21.5 Å². The number of thiophene rings is 1. The molecule has 0 bridgehead atoms. The fourth-order valence-electron chi connectivity index (χ4n) is 4.38. The van der Waals surface area contributed by atoms with Crippen molar-refractivity contribution in [1.82, 2.24) is 14.7 Å². The molecular formula is C26H24F2N4O2S. The Kier molecular flexibility index (Phi) is 6.10. The molecule has 35 heavy (non-hydrogen) atoms. The summed E-state index contributed by atoms with van der Waals surface area (Å²) in [7, 11) is 0. The molecule has 0 N–H and O–H groups in total. The van der Waals surface area contributed by atoms with Gasteiger partial charge in [0, 0.05) is 37.1 Å². The van der Waals surface area contributed by atoms with Crippen LogP contribution in [0.1, 0.15) is 38.2 Å². The lowest BCUT2D eigenvalue weighted by atomic mass is 10.1. The number of piperazine rings is 1. The number of nitrogens with zero attached hydrogens (tertiary/aromatic N) is 4. The molecule has 1 fully saturated rings. The van der Waals surface area contributed by atoms with Crippen LogP contribution in [-0.4, -0.2) is 52.5 Å². The largest absolute Gasteiger partial charge is 0.366 e. The highest BCUT2D eigenvalue weighted by Gasteiger charge is 2.26. The van der Waals surface area contributed by atoms with Crippen molar-refractivity contribution in [2.24, 2.45) is 0 Å². The lowest BCUT2D eigenvalue weighted by molar-refractivity contribution is 0.0751. The van der Waals surface area contributed by atoms with E-state index in [2.05, 4.69) is 5.10 Å². The number of Topliss-reactive ketones (excluding diaryl/α,β-unsaturated/α-hetero) is 1. The summed E-state index contributed by atoms with van der Waals surface area (Å²) in [5.74, 6) is -0.935. The van der Waals surface area contributed by atoms with Gasteiger partial charge in [-0.15, -0.1) is 11.3 Å². The quantitative estimate of drug-likeness (QED) is 0.371. The lowest BCUT2D eigenvalue weighted by Gasteiger charge is -2.36. The Hall–Kier alpha value is -3.59. The van der Waals surface area contributed by atoms with Crippen molar-refractivity contribution in [3.05, 3.63) is 81.9 Å². The average Bonchev–Trinajstić information content (AvgIpc) is 3.41. The number of carbonyl (C=O) groups is 2. The van der Waals surface area contributed by atoms with Gasteiger partial charge in [0.1, 0.15) is 16.5 Å². The number of amides is 1. The first kappa shape index (κ1) is 23.2. The van der Waals surface area contributed by atoms with Gasteiger partial charge in [0.2, 0.25) is 0 Å². The maximum absolute atomic E-state index is 14.6. The van der Waals surface area contributed by atoms with Gasteiger partial charge in [0.25, 0.3) is 5.91 Å². The number of anilines is 1. The Balaban J connectivity index is 1.29. The summed E-state index contributed by atoms with van der Waals surface area (Å²) in [4.78, 5) is 30.0. The summed E-state index contributed by atoms with van der Waals surface area (Å²) in [6.45, 7) is 5.77. The van der Waals surface area contributed by atoms with Crippen molar-refractivity contribution in [3.8, 4) is 0 Å². The number of hydrogen-bond acceptors (Lipinski definition) is 5. The molecule has 1 aliphatic rings. The SMILES string of the molecule is CC(=O)c1ccc(N2CCN(C(=O)c3cc4c(C)nn(Cc5ccc(F)cc5)c4s3)CC2)c(F)c1. The van der Waals surface area contributed by atoms with Gasteiger partial charge in [0.15, 0.2) is 5.78 Å². The number of ketones is 1. The van der Waals surface area contributed by atoms with Gasteiger partial charge < -0.3 is 9.80 Å². The Morgan fingerprint density at radius 3 is 2.37 bits per heavy atom. The van der Waals surface area contributed by atoms with Crippen LogP contribution in [0.3, 0.4) is 0 Å². The van der Waals surface area contributed by atoms with Gasteiger partial charge in [-0.3, -0.25) is 14.3 Å². The van der Waals surface area contributed by atoms with E-state index in [9.17, 15) is 18.4 Å². The van der Waals surface area contributed by atoms with E-state index in [1.807, 2.05) is 22.6 Å². The summed E-state index contributed by atoms with van der Waals surface area (Å²) >= 11 is 1.40. The van der Waals surface area contributed by atoms with Gasteiger partial charge >= 0.3 is 0 Å². The van der Waals surface area contributed by atoms with Crippen LogP contribution in [-0.2, 0) is 6.54 Å². The Morgan fingerprint density at radius 1 is 1.00 bits per heavy atom. The van der Waals surface area contributed by atoms with Crippen LogP contribution in [0.4, 0.5) is 14.5 Å². The van der Waals surface area contributed by atoms with Gasteiger partial charge in [-0.1, -0.05) is 12.1 Å². The predicted molar refractivity (Wildman–Crippen MR) is 132 cm³/mol. The number of carbonyl (C=O) groups excluding carboxylic acids is 2. The lowest BCUT2D eigenvalue weighted by Crippen LogP contribution is -2.48. The molecule has 0 unspecified atom stereocenters. The molecule has 0 radical (unpaired) electrons. The van der Waals surface area contributed by atoms with E-state index < -0.39 is 5.82 Å². The topological polar surface area (TPSA) is 58.4 Å². The number of fused-ring (bicyclic) bond motifs is 1. The molecule has 0 spiro atoms. The van der Waals surface area contributed by atoms with Crippen molar-refractivity contribution in [3.63, 3.8) is 0 Å². The molecule has 180 valence electrons. The molecular weight excluding hydrogens is 470 g/mol. The minimum absolute atomic E-state index is 0.0500. The third kappa shape index (κ3) is 4.55. The van der Waals surface area contributed by atoms with Gasteiger partial charge in [-0.25, -0.2) is 8.78 Å². The molecule has 3 heterocycles. The third-order valence-electron chi connectivity index (χ3n) is 6.33. The number of benzene rings is 2. The minimum Gasteiger partial charge on any atom is -0.366 e. The average molecular weight is 495 g/mol. The number of halogens is 2. The van der Waals surface area contributed by atoms with Crippen molar-refractivity contribution < 1.29 is 18.4 Å². The van der Waals surface area contributed by atoms with Gasteiger partial charge in [0.05, 0.1) is 22.8 Å². The van der Waals surface area contributed by atoms with Crippen molar-refractivity contribution >= 4 is 38.9 Å². The van der Waals surface area contributed by atoms with E-state index in [1.165, 1.54) is 36.5 Å². The van der Waals surface area contributed by atoms with Crippen molar-refractivity contribution in [1.29, 1.82) is 0 Å². The molecule has 6 nitrogen and oxygen atoms in total. The number of hydrogen-bond donors (Lipinski definition) is 0. The molecule has 1 aliphatic heterocycles. The summed E-state index contributed by atoms with van der Waals surface area (Å²) in [5.41, 5.74) is 2.56. The van der Waals surface area contributed by atoms with Gasteiger partial charge in [-0.2, -0.15) is 5.10 Å². The second-order valence-corrected chi connectivity index (χ2v) is 9.73. The maximum Gasteiger partial charge on any atom is 0.264 e. The van der Waals surface area contributed by atoms with Crippen LogP contribution < -0.4 is 4.90 Å². The van der Waals surface area contributed by atoms with E-state index in [4.69, 9.17) is 0 Å². The highest BCUT2D eigenvalue weighted by molar-refractivity contribution is 7.20. The zero-order valence-corrected chi connectivity index (χ0v) is 20.2. The molecule has 1 saturated heterocycles. The summed E-state index contributed by atoms with van der Waals surface area (Å²) < 4.78 is 29.6. The molecule has 2 aromatic heterocycles. The predicted octanol–water partition coefficient (Wildman–Crippen LogP) is 4.90. The van der Waals surface area contributed by atoms with E-state index in [0.29, 0.717) is 48.9 Å². The molecule has 9 heteroatoms. The fraction of sp³-hybridized carbons (Fsp3) is 0.269. The second-order valence-electron chi connectivity index (χ2n) is 8.70. The Morgan fingerprint density at radius 2 is 1.71 bits per heavy atom. The Labute approximate surface area is 205 Å². The molecule has 1 amide bonds. The van der Waals surface area contributed by atoms with E-state index in [1.54, 1.807) is 29.2 Å².